The number of hydrogen-bond acceptors (Lipinski definition) is 2. The third-order valence-corrected chi connectivity index (χ3v) is 2.40. The molecular weight excluding hydrogens is 233 g/mol. The van der Waals surface area contributed by atoms with E-state index in [9.17, 15) is 0 Å². The minimum absolute atomic E-state index is 0.272. The SMILES string of the molecule is CC(C)(CC#N)Oc1c(Cl)cccc1Cl. The summed E-state index contributed by atoms with van der Waals surface area (Å²) in [7, 11) is 0. The molecule has 15 heavy (non-hydrogen) atoms. The molecule has 0 unspecified atom stereocenters. The van der Waals surface area contributed by atoms with Gasteiger partial charge in [0, 0.05) is 0 Å². The van der Waals surface area contributed by atoms with Gasteiger partial charge in [-0.05, 0) is 26.0 Å². The molecule has 1 aromatic rings. The molecule has 80 valence electrons. The fourth-order valence-electron chi connectivity index (χ4n) is 1.08. The van der Waals surface area contributed by atoms with Crippen LogP contribution in [0.3, 0.4) is 0 Å². The van der Waals surface area contributed by atoms with Crippen molar-refractivity contribution in [2.45, 2.75) is 25.9 Å². The monoisotopic (exact) mass is 243 g/mol. The second-order valence-electron chi connectivity index (χ2n) is 3.75. The van der Waals surface area contributed by atoms with Gasteiger partial charge in [0.05, 0.1) is 22.5 Å². The summed E-state index contributed by atoms with van der Waals surface area (Å²) in [6.07, 6.45) is 0.272. The van der Waals surface area contributed by atoms with Crippen molar-refractivity contribution in [2.75, 3.05) is 0 Å². The van der Waals surface area contributed by atoms with Crippen LogP contribution in [0.1, 0.15) is 20.3 Å². The normalized spacial score (nSPS) is 10.9. The fraction of sp³-hybridized carbons (Fsp3) is 0.364. The van der Waals surface area contributed by atoms with Gasteiger partial charge in [0.15, 0.2) is 5.75 Å². The number of halogens is 2. The van der Waals surface area contributed by atoms with Crippen molar-refractivity contribution in [1.82, 2.24) is 0 Å². The van der Waals surface area contributed by atoms with Gasteiger partial charge in [-0.2, -0.15) is 5.26 Å². The highest BCUT2D eigenvalue weighted by Gasteiger charge is 2.22. The molecule has 4 heteroatoms. The average Bonchev–Trinajstić information content (AvgIpc) is 2.11. The number of nitrogens with zero attached hydrogens (tertiary/aromatic N) is 1. The summed E-state index contributed by atoms with van der Waals surface area (Å²) < 4.78 is 5.62. The summed E-state index contributed by atoms with van der Waals surface area (Å²) in [5.41, 5.74) is -0.594. The lowest BCUT2D eigenvalue weighted by Crippen LogP contribution is -2.27. The summed E-state index contributed by atoms with van der Waals surface area (Å²) in [6.45, 7) is 3.63. The van der Waals surface area contributed by atoms with Crippen molar-refractivity contribution in [3.63, 3.8) is 0 Å². The third kappa shape index (κ3) is 3.30. The average molecular weight is 244 g/mol. The number of rotatable bonds is 3. The quantitative estimate of drug-likeness (QED) is 0.802. The van der Waals surface area contributed by atoms with Crippen LogP contribution in [0.2, 0.25) is 10.0 Å². The minimum atomic E-state index is -0.594. The molecule has 2 nitrogen and oxygen atoms in total. The molecule has 0 atom stereocenters. The first-order valence-electron chi connectivity index (χ1n) is 4.46. The standard InChI is InChI=1S/C11H11Cl2NO/c1-11(2,6-7-14)15-10-8(12)4-3-5-9(10)13/h3-5H,6H2,1-2H3. The number of para-hydroxylation sites is 1. The Morgan fingerprint density at radius 3 is 2.33 bits per heavy atom. The first kappa shape index (κ1) is 12.2. The molecule has 0 aromatic heterocycles. The highest BCUT2D eigenvalue weighted by molar-refractivity contribution is 6.37. The van der Waals surface area contributed by atoms with Crippen LogP contribution in [0.4, 0.5) is 0 Å². The number of hydrogen-bond donors (Lipinski definition) is 0. The lowest BCUT2D eigenvalue weighted by molar-refractivity contribution is 0.115. The second-order valence-corrected chi connectivity index (χ2v) is 4.56. The van der Waals surface area contributed by atoms with Gasteiger partial charge in [-0.3, -0.25) is 0 Å². The largest absolute Gasteiger partial charge is 0.484 e. The van der Waals surface area contributed by atoms with Crippen LogP contribution >= 0.6 is 23.2 Å². The molecule has 1 aromatic carbocycles. The van der Waals surface area contributed by atoms with Crippen molar-refractivity contribution in [2.24, 2.45) is 0 Å². The first-order chi connectivity index (χ1) is 6.96. The molecular formula is C11H11Cl2NO. The van der Waals surface area contributed by atoms with E-state index in [-0.39, 0.29) is 6.42 Å². The van der Waals surface area contributed by atoms with Gasteiger partial charge < -0.3 is 4.74 Å². The fourth-order valence-corrected chi connectivity index (χ4v) is 1.56. The van der Waals surface area contributed by atoms with Crippen molar-refractivity contribution in [3.05, 3.63) is 28.2 Å². The topological polar surface area (TPSA) is 33.0 Å². The Morgan fingerprint density at radius 1 is 1.33 bits per heavy atom. The molecule has 0 spiro atoms. The Bertz CT molecular complexity index is 376. The molecule has 0 aliphatic rings. The zero-order chi connectivity index (χ0) is 11.5. The molecule has 1 rings (SSSR count). The Morgan fingerprint density at radius 2 is 1.87 bits per heavy atom. The summed E-state index contributed by atoms with van der Waals surface area (Å²) >= 11 is 11.9. The molecule has 0 aliphatic heterocycles. The second kappa shape index (κ2) is 4.74. The Kier molecular flexibility index (Phi) is 3.84. The summed E-state index contributed by atoms with van der Waals surface area (Å²) in [5, 5.41) is 9.53. The van der Waals surface area contributed by atoms with E-state index in [1.165, 1.54) is 0 Å². The van der Waals surface area contributed by atoms with Gasteiger partial charge in [-0.15, -0.1) is 0 Å². The predicted octanol–water partition coefficient (Wildman–Crippen LogP) is 4.06. The Labute approximate surface area is 99.4 Å². The molecule has 0 fully saturated rings. The molecule has 0 saturated carbocycles. The number of nitriles is 1. The third-order valence-electron chi connectivity index (χ3n) is 1.80. The lowest BCUT2D eigenvalue weighted by Gasteiger charge is -2.24. The maximum atomic E-state index is 8.62. The zero-order valence-corrected chi connectivity index (χ0v) is 10.1. The molecule has 0 saturated heterocycles. The molecule has 0 bridgehead atoms. The molecule has 0 amide bonds. The molecule has 0 heterocycles. The smallest absolute Gasteiger partial charge is 0.157 e. The van der Waals surface area contributed by atoms with E-state index < -0.39 is 5.60 Å². The van der Waals surface area contributed by atoms with Crippen molar-refractivity contribution in [3.8, 4) is 11.8 Å². The van der Waals surface area contributed by atoms with Gasteiger partial charge in [0.2, 0.25) is 0 Å². The van der Waals surface area contributed by atoms with Crippen LogP contribution in [0.5, 0.6) is 5.75 Å². The van der Waals surface area contributed by atoms with Gasteiger partial charge in [-0.25, -0.2) is 0 Å². The highest BCUT2D eigenvalue weighted by Crippen LogP contribution is 2.35. The van der Waals surface area contributed by atoms with E-state index in [0.717, 1.165) is 0 Å². The zero-order valence-electron chi connectivity index (χ0n) is 8.55. The van der Waals surface area contributed by atoms with Crippen molar-refractivity contribution < 1.29 is 4.74 Å². The van der Waals surface area contributed by atoms with E-state index in [4.69, 9.17) is 33.2 Å². The van der Waals surface area contributed by atoms with Crippen LogP contribution in [-0.2, 0) is 0 Å². The Balaban J connectivity index is 2.95. The molecule has 0 radical (unpaired) electrons. The summed E-state index contributed by atoms with van der Waals surface area (Å²) in [6, 6.07) is 7.20. The minimum Gasteiger partial charge on any atom is -0.484 e. The van der Waals surface area contributed by atoms with E-state index in [1.54, 1.807) is 18.2 Å². The Hall–Kier alpha value is -0.910. The molecule has 0 N–H and O–H groups in total. The van der Waals surface area contributed by atoms with Crippen LogP contribution in [0.15, 0.2) is 18.2 Å². The number of benzene rings is 1. The van der Waals surface area contributed by atoms with Crippen LogP contribution in [-0.4, -0.2) is 5.60 Å². The van der Waals surface area contributed by atoms with Crippen LogP contribution < -0.4 is 4.74 Å². The first-order valence-corrected chi connectivity index (χ1v) is 5.22. The summed E-state index contributed by atoms with van der Waals surface area (Å²) in [5.74, 6) is 0.432. The van der Waals surface area contributed by atoms with Crippen LogP contribution in [0, 0.1) is 11.3 Å². The van der Waals surface area contributed by atoms with Crippen LogP contribution in [0.25, 0.3) is 0 Å². The predicted molar refractivity (Wildman–Crippen MR) is 61.4 cm³/mol. The lowest BCUT2D eigenvalue weighted by atomic mass is 10.1. The van der Waals surface area contributed by atoms with Crippen molar-refractivity contribution >= 4 is 23.2 Å². The van der Waals surface area contributed by atoms with E-state index >= 15 is 0 Å². The van der Waals surface area contributed by atoms with Gasteiger partial charge >= 0.3 is 0 Å². The van der Waals surface area contributed by atoms with Gasteiger partial charge in [0.25, 0.3) is 0 Å². The van der Waals surface area contributed by atoms with Crippen molar-refractivity contribution in [1.29, 1.82) is 5.26 Å². The van der Waals surface area contributed by atoms with Gasteiger partial charge in [0.1, 0.15) is 5.60 Å². The van der Waals surface area contributed by atoms with E-state index in [0.29, 0.717) is 15.8 Å². The number of ether oxygens (including phenoxy) is 1. The van der Waals surface area contributed by atoms with Gasteiger partial charge in [-0.1, -0.05) is 29.3 Å². The maximum absolute atomic E-state index is 8.62. The van der Waals surface area contributed by atoms with E-state index in [1.807, 2.05) is 13.8 Å². The molecule has 0 aliphatic carbocycles. The van der Waals surface area contributed by atoms with E-state index in [2.05, 4.69) is 6.07 Å². The summed E-state index contributed by atoms with van der Waals surface area (Å²) in [4.78, 5) is 0. The maximum Gasteiger partial charge on any atom is 0.157 e. The highest BCUT2D eigenvalue weighted by atomic mass is 35.5.